The summed E-state index contributed by atoms with van der Waals surface area (Å²) in [5, 5.41) is 24.2. The van der Waals surface area contributed by atoms with Crippen LogP contribution in [0.25, 0.3) is 0 Å². The second-order valence-corrected chi connectivity index (χ2v) is 7.58. The summed E-state index contributed by atoms with van der Waals surface area (Å²) in [6.07, 6.45) is 0.159. The number of carbonyl (C=O) groups is 1. The van der Waals surface area contributed by atoms with Gasteiger partial charge in [-0.15, -0.1) is 0 Å². The minimum absolute atomic E-state index is 0.132. The van der Waals surface area contributed by atoms with Crippen LogP contribution in [0.4, 0.5) is 10.1 Å². The summed E-state index contributed by atoms with van der Waals surface area (Å²) in [6, 6.07) is 11.8. The second-order valence-electron chi connectivity index (χ2n) is 7.58. The van der Waals surface area contributed by atoms with E-state index >= 15 is 0 Å². The molecule has 5 nitrogen and oxygen atoms in total. The number of β-amino-alcohol motifs (C(OH)–C–C–N with tert-alkyl or cyclic N) is 1. The highest BCUT2D eigenvalue weighted by Gasteiger charge is 2.36. The normalized spacial score (nSPS) is 17.9. The molecule has 1 amide bonds. The van der Waals surface area contributed by atoms with E-state index in [0.29, 0.717) is 38.0 Å². The third kappa shape index (κ3) is 4.58. The molecule has 28 heavy (non-hydrogen) atoms. The Hall–Kier alpha value is -2.28. The smallest absolute Gasteiger partial charge is 0.221 e. The van der Waals surface area contributed by atoms with Crippen LogP contribution in [0, 0.1) is 12.7 Å². The van der Waals surface area contributed by atoms with Crippen LogP contribution in [0.15, 0.2) is 42.5 Å². The fraction of sp³-hybridized carbons (Fsp3) is 0.409. The zero-order valence-corrected chi connectivity index (χ0v) is 16.3. The Kier molecular flexibility index (Phi) is 6.13. The van der Waals surface area contributed by atoms with Gasteiger partial charge in [0.25, 0.3) is 0 Å². The first-order valence-electron chi connectivity index (χ1n) is 9.54. The number of carbonyl (C=O) groups excluding carboxylic acids is 1. The van der Waals surface area contributed by atoms with Gasteiger partial charge in [-0.3, -0.25) is 4.79 Å². The number of aryl methyl sites for hydroxylation is 1. The van der Waals surface area contributed by atoms with Crippen LogP contribution in [0.2, 0.25) is 0 Å². The molecule has 3 N–H and O–H groups in total. The molecule has 1 aliphatic rings. The van der Waals surface area contributed by atoms with Crippen molar-refractivity contribution in [3.8, 4) is 0 Å². The SMILES string of the molecule is CC(=O)Nc1ccc(C(O)CN2CCC(O)(c3ccccc3F)CC2)cc1C. The number of likely N-dealkylation sites (tertiary alicyclic amines) is 1. The topological polar surface area (TPSA) is 72.8 Å². The van der Waals surface area contributed by atoms with Gasteiger partial charge in [-0.2, -0.15) is 0 Å². The number of nitrogens with one attached hydrogen (secondary N) is 1. The molecule has 1 heterocycles. The molecule has 3 rings (SSSR count). The molecule has 0 radical (unpaired) electrons. The maximum absolute atomic E-state index is 14.1. The second kappa shape index (κ2) is 8.39. The maximum Gasteiger partial charge on any atom is 0.221 e. The Balaban J connectivity index is 1.61. The van der Waals surface area contributed by atoms with Gasteiger partial charge in [-0.1, -0.05) is 30.3 Å². The number of halogens is 1. The third-order valence-electron chi connectivity index (χ3n) is 5.44. The van der Waals surface area contributed by atoms with Crippen molar-refractivity contribution in [1.29, 1.82) is 0 Å². The summed E-state index contributed by atoms with van der Waals surface area (Å²) in [5.41, 5.74) is 1.58. The van der Waals surface area contributed by atoms with Crippen molar-refractivity contribution in [3.63, 3.8) is 0 Å². The average molecular weight is 386 g/mol. The first-order valence-corrected chi connectivity index (χ1v) is 9.54. The van der Waals surface area contributed by atoms with Gasteiger partial charge in [-0.25, -0.2) is 4.39 Å². The van der Waals surface area contributed by atoms with E-state index in [1.807, 2.05) is 19.1 Å². The molecule has 0 aromatic heterocycles. The van der Waals surface area contributed by atoms with Crippen LogP contribution in [-0.2, 0) is 10.4 Å². The van der Waals surface area contributed by atoms with Crippen LogP contribution in [0.3, 0.4) is 0 Å². The summed E-state index contributed by atoms with van der Waals surface area (Å²) in [6.45, 7) is 4.93. The number of benzene rings is 2. The highest BCUT2D eigenvalue weighted by atomic mass is 19.1. The minimum Gasteiger partial charge on any atom is -0.387 e. The number of aliphatic hydroxyl groups is 2. The van der Waals surface area contributed by atoms with E-state index in [0.717, 1.165) is 16.8 Å². The molecule has 1 saturated heterocycles. The van der Waals surface area contributed by atoms with Crippen molar-refractivity contribution >= 4 is 11.6 Å². The van der Waals surface area contributed by atoms with Crippen molar-refractivity contribution in [2.24, 2.45) is 0 Å². The average Bonchev–Trinajstić information content (AvgIpc) is 2.65. The van der Waals surface area contributed by atoms with E-state index in [2.05, 4.69) is 10.2 Å². The molecule has 1 unspecified atom stereocenters. The molecule has 2 aromatic rings. The summed E-state index contributed by atoms with van der Waals surface area (Å²) >= 11 is 0. The van der Waals surface area contributed by atoms with Crippen LogP contribution in [-0.4, -0.2) is 40.7 Å². The molecular formula is C22H27FN2O3. The van der Waals surface area contributed by atoms with Crippen molar-refractivity contribution in [2.75, 3.05) is 25.0 Å². The van der Waals surface area contributed by atoms with E-state index < -0.39 is 11.7 Å². The van der Waals surface area contributed by atoms with Gasteiger partial charge in [-0.05, 0) is 43.0 Å². The number of amides is 1. The first-order chi connectivity index (χ1) is 13.3. The van der Waals surface area contributed by atoms with Gasteiger partial charge >= 0.3 is 0 Å². The quantitative estimate of drug-likeness (QED) is 0.738. The summed E-state index contributed by atoms with van der Waals surface area (Å²) in [4.78, 5) is 13.3. The van der Waals surface area contributed by atoms with E-state index in [9.17, 15) is 19.4 Å². The van der Waals surface area contributed by atoms with Crippen LogP contribution >= 0.6 is 0 Å². The largest absolute Gasteiger partial charge is 0.387 e. The molecule has 150 valence electrons. The van der Waals surface area contributed by atoms with Crippen molar-refractivity contribution < 1.29 is 19.4 Å². The monoisotopic (exact) mass is 386 g/mol. The fourth-order valence-electron chi connectivity index (χ4n) is 3.79. The lowest BCUT2D eigenvalue weighted by atomic mass is 9.84. The van der Waals surface area contributed by atoms with E-state index in [1.54, 1.807) is 24.3 Å². The molecule has 0 saturated carbocycles. The van der Waals surface area contributed by atoms with Gasteiger partial charge in [0.2, 0.25) is 5.91 Å². The van der Waals surface area contributed by atoms with Gasteiger partial charge < -0.3 is 20.4 Å². The molecule has 0 bridgehead atoms. The van der Waals surface area contributed by atoms with Crippen LogP contribution < -0.4 is 5.32 Å². The van der Waals surface area contributed by atoms with Gasteiger partial charge in [0.1, 0.15) is 5.82 Å². The minimum atomic E-state index is -1.16. The standard InChI is InChI=1S/C22H27FN2O3/c1-15-13-17(7-8-20(15)24-16(2)26)21(27)14-25-11-9-22(28,10-12-25)18-5-3-4-6-19(18)23/h3-8,13,21,27-28H,9-12,14H2,1-2H3,(H,24,26). The molecular weight excluding hydrogens is 359 g/mol. The number of aliphatic hydroxyl groups excluding tert-OH is 1. The first kappa shape index (κ1) is 20.5. The van der Waals surface area contributed by atoms with Crippen LogP contribution in [0.5, 0.6) is 0 Å². The van der Waals surface area contributed by atoms with Gasteiger partial charge in [0, 0.05) is 37.8 Å². The number of nitrogens with zero attached hydrogens (tertiary/aromatic N) is 1. The zero-order chi connectivity index (χ0) is 20.3. The molecule has 2 aromatic carbocycles. The zero-order valence-electron chi connectivity index (χ0n) is 16.3. The predicted molar refractivity (Wildman–Crippen MR) is 106 cm³/mol. The van der Waals surface area contributed by atoms with Crippen molar-refractivity contribution in [3.05, 3.63) is 65.0 Å². The summed E-state index contributed by atoms with van der Waals surface area (Å²) < 4.78 is 14.1. The van der Waals surface area contributed by atoms with Crippen molar-refractivity contribution in [1.82, 2.24) is 4.90 Å². The van der Waals surface area contributed by atoms with Gasteiger partial charge in [0.05, 0.1) is 11.7 Å². The Morgan fingerprint density at radius 2 is 1.93 bits per heavy atom. The Labute approximate surface area is 164 Å². The number of hydrogen-bond acceptors (Lipinski definition) is 4. The lowest BCUT2D eigenvalue weighted by Crippen LogP contribution is -2.44. The third-order valence-corrected chi connectivity index (χ3v) is 5.44. The Morgan fingerprint density at radius 3 is 2.54 bits per heavy atom. The molecule has 1 atom stereocenters. The van der Waals surface area contributed by atoms with E-state index in [-0.39, 0.29) is 11.7 Å². The van der Waals surface area contributed by atoms with Crippen LogP contribution in [0.1, 0.15) is 42.6 Å². The molecule has 6 heteroatoms. The molecule has 0 spiro atoms. The summed E-state index contributed by atoms with van der Waals surface area (Å²) in [7, 11) is 0. The maximum atomic E-state index is 14.1. The number of hydrogen-bond donors (Lipinski definition) is 3. The number of piperidine rings is 1. The lowest BCUT2D eigenvalue weighted by Gasteiger charge is -2.39. The van der Waals surface area contributed by atoms with E-state index in [1.165, 1.54) is 13.0 Å². The molecule has 0 aliphatic carbocycles. The Morgan fingerprint density at radius 1 is 1.25 bits per heavy atom. The molecule has 1 fully saturated rings. The Bertz CT molecular complexity index is 847. The number of rotatable bonds is 5. The fourth-order valence-corrected chi connectivity index (χ4v) is 3.79. The highest BCUT2D eigenvalue weighted by Crippen LogP contribution is 2.34. The molecule has 1 aliphatic heterocycles. The predicted octanol–water partition coefficient (Wildman–Crippen LogP) is 3.11. The highest BCUT2D eigenvalue weighted by molar-refractivity contribution is 5.89. The van der Waals surface area contributed by atoms with Crippen molar-refractivity contribution in [2.45, 2.75) is 38.4 Å². The van der Waals surface area contributed by atoms with E-state index in [4.69, 9.17) is 0 Å². The van der Waals surface area contributed by atoms with Gasteiger partial charge in [0.15, 0.2) is 0 Å². The lowest BCUT2D eigenvalue weighted by molar-refractivity contribution is -0.114. The summed E-state index contributed by atoms with van der Waals surface area (Å²) in [5.74, 6) is -0.514. The number of anilines is 1.